The molecule has 0 aliphatic heterocycles. The number of H-pyrrole nitrogens is 1. The first-order chi connectivity index (χ1) is 12.2. The summed E-state index contributed by atoms with van der Waals surface area (Å²) >= 11 is 0. The Kier molecular flexibility index (Phi) is 4.05. The number of carbonyl (C=O) groups is 1. The van der Waals surface area contributed by atoms with E-state index in [1.807, 2.05) is 24.3 Å². The number of aromatic nitrogens is 4. The van der Waals surface area contributed by atoms with Gasteiger partial charge in [-0.15, -0.1) is 0 Å². The first-order valence-electron chi connectivity index (χ1n) is 8.55. The van der Waals surface area contributed by atoms with Gasteiger partial charge >= 0.3 is 0 Å². The second kappa shape index (κ2) is 6.51. The van der Waals surface area contributed by atoms with Crippen molar-refractivity contribution in [2.24, 2.45) is 5.92 Å². The molecule has 0 atom stereocenters. The normalized spacial score (nSPS) is 15.4. The Bertz CT molecular complexity index is 952. The van der Waals surface area contributed by atoms with Gasteiger partial charge in [0.15, 0.2) is 5.65 Å². The van der Waals surface area contributed by atoms with Crippen LogP contribution in [0.15, 0.2) is 41.6 Å². The molecule has 1 aliphatic carbocycles. The minimum atomic E-state index is -0.215. The lowest BCUT2D eigenvalue weighted by Gasteiger charge is -2.20. The maximum absolute atomic E-state index is 12.3. The number of aromatic amines is 1. The van der Waals surface area contributed by atoms with Crippen LogP contribution in [0.5, 0.6) is 0 Å². The van der Waals surface area contributed by atoms with Crippen LogP contribution in [0.1, 0.15) is 32.1 Å². The average molecular weight is 337 g/mol. The number of rotatable bonds is 3. The predicted molar refractivity (Wildman–Crippen MR) is 94.7 cm³/mol. The van der Waals surface area contributed by atoms with Crippen LogP contribution >= 0.6 is 0 Å². The Balaban J connectivity index is 1.54. The molecular formula is C18H19N5O2. The summed E-state index contributed by atoms with van der Waals surface area (Å²) in [6.07, 6.45) is 8.31. The number of hydrogen-bond acceptors (Lipinski definition) is 4. The summed E-state index contributed by atoms with van der Waals surface area (Å²) in [6, 6.07) is 7.39. The standard InChI is InChI=1S/C18H19N5O2/c24-17(12-4-2-1-3-5-12)22-13-6-8-14(9-7-13)23-16-15(10-21-23)18(25)20-11-19-16/h6-12H,1-5H2,(H,22,24)(H,19,20,25). The van der Waals surface area contributed by atoms with E-state index in [0.29, 0.717) is 11.0 Å². The smallest absolute Gasteiger partial charge is 0.261 e. The van der Waals surface area contributed by atoms with Gasteiger partial charge in [0.1, 0.15) is 5.39 Å². The molecule has 1 aliphatic rings. The zero-order valence-corrected chi connectivity index (χ0v) is 13.7. The Labute approximate surface area is 144 Å². The van der Waals surface area contributed by atoms with Crippen molar-refractivity contribution >= 4 is 22.6 Å². The van der Waals surface area contributed by atoms with Gasteiger partial charge in [-0.3, -0.25) is 9.59 Å². The van der Waals surface area contributed by atoms with Crippen molar-refractivity contribution in [2.45, 2.75) is 32.1 Å². The Morgan fingerprint density at radius 2 is 1.92 bits per heavy atom. The molecule has 2 heterocycles. The molecule has 1 amide bonds. The second-order valence-electron chi connectivity index (χ2n) is 6.40. The molecule has 0 radical (unpaired) electrons. The molecule has 1 fully saturated rings. The number of benzene rings is 1. The molecule has 2 aromatic heterocycles. The lowest BCUT2D eigenvalue weighted by molar-refractivity contribution is -0.120. The third-order valence-corrected chi connectivity index (χ3v) is 4.73. The summed E-state index contributed by atoms with van der Waals surface area (Å²) in [5, 5.41) is 7.67. The van der Waals surface area contributed by atoms with Gasteiger partial charge < -0.3 is 10.3 Å². The monoisotopic (exact) mass is 337 g/mol. The highest BCUT2D eigenvalue weighted by Gasteiger charge is 2.21. The van der Waals surface area contributed by atoms with Crippen LogP contribution in [0, 0.1) is 5.92 Å². The number of anilines is 1. The summed E-state index contributed by atoms with van der Waals surface area (Å²) in [5.74, 6) is 0.226. The number of carbonyl (C=O) groups excluding carboxylic acids is 1. The largest absolute Gasteiger partial charge is 0.326 e. The van der Waals surface area contributed by atoms with Gasteiger partial charge in [-0.2, -0.15) is 5.10 Å². The highest BCUT2D eigenvalue weighted by Crippen LogP contribution is 2.25. The van der Waals surface area contributed by atoms with Gasteiger partial charge in [-0.05, 0) is 37.1 Å². The summed E-state index contributed by atoms with van der Waals surface area (Å²) < 4.78 is 1.61. The predicted octanol–water partition coefficient (Wildman–Crippen LogP) is 2.63. The molecule has 0 unspecified atom stereocenters. The molecule has 25 heavy (non-hydrogen) atoms. The van der Waals surface area contributed by atoms with Crippen LogP contribution in [-0.4, -0.2) is 25.7 Å². The molecule has 0 saturated heterocycles. The second-order valence-corrected chi connectivity index (χ2v) is 6.40. The number of amides is 1. The van der Waals surface area contributed by atoms with Gasteiger partial charge in [0.05, 0.1) is 18.2 Å². The van der Waals surface area contributed by atoms with Crippen molar-refractivity contribution in [2.75, 3.05) is 5.32 Å². The molecule has 0 spiro atoms. The van der Waals surface area contributed by atoms with E-state index in [-0.39, 0.29) is 17.4 Å². The van der Waals surface area contributed by atoms with Crippen molar-refractivity contribution < 1.29 is 4.79 Å². The quantitative estimate of drug-likeness (QED) is 0.768. The topological polar surface area (TPSA) is 92.7 Å². The summed E-state index contributed by atoms with van der Waals surface area (Å²) in [7, 11) is 0. The lowest BCUT2D eigenvalue weighted by Crippen LogP contribution is -2.24. The molecular weight excluding hydrogens is 318 g/mol. The van der Waals surface area contributed by atoms with Crippen molar-refractivity contribution in [1.29, 1.82) is 0 Å². The maximum Gasteiger partial charge on any atom is 0.261 e. The van der Waals surface area contributed by atoms with E-state index in [9.17, 15) is 9.59 Å². The van der Waals surface area contributed by atoms with Crippen LogP contribution < -0.4 is 10.9 Å². The van der Waals surface area contributed by atoms with Crippen LogP contribution in [0.25, 0.3) is 16.7 Å². The van der Waals surface area contributed by atoms with Crippen molar-refractivity contribution in [3.05, 3.63) is 47.1 Å². The van der Waals surface area contributed by atoms with Crippen LogP contribution in [0.2, 0.25) is 0 Å². The fourth-order valence-electron chi connectivity index (χ4n) is 3.34. The van der Waals surface area contributed by atoms with E-state index < -0.39 is 0 Å². The lowest BCUT2D eigenvalue weighted by atomic mass is 9.88. The fourth-order valence-corrected chi connectivity index (χ4v) is 3.34. The Morgan fingerprint density at radius 1 is 1.16 bits per heavy atom. The van der Waals surface area contributed by atoms with Gasteiger partial charge in [0, 0.05) is 11.6 Å². The zero-order chi connectivity index (χ0) is 17.2. The third kappa shape index (κ3) is 3.05. The molecule has 2 N–H and O–H groups in total. The van der Waals surface area contributed by atoms with Crippen molar-refractivity contribution in [1.82, 2.24) is 19.7 Å². The number of fused-ring (bicyclic) bond motifs is 1. The minimum absolute atomic E-state index is 0.102. The number of hydrogen-bond donors (Lipinski definition) is 2. The first-order valence-corrected chi connectivity index (χ1v) is 8.55. The minimum Gasteiger partial charge on any atom is -0.326 e. The Morgan fingerprint density at radius 3 is 2.68 bits per heavy atom. The Hall–Kier alpha value is -2.96. The highest BCUT2D eigenvalue weighted by molar-refractivity contribution is 5.92. The zero-order valence-electron chi connectivity index (χ0n) is 13.7. The summed E-state index contributed by atoms with van der Waals surface area (Å²) in [5.41, 5.74) is 1.83. The molecule has 0 bridgehead atoms. The molecule has 128 valence electrons. The highest BCUT2D eigenvalue weighted by atomic mass is 16.2. The fraction of sp³-hybridized carbons (Fsp3) is 0.333. The van der Waals surface area contributed by atoms with E-state index in [2.05, 4.69) is 20.4 Å². The van der Waals surface area contributed by atoms with Crippen molar-refractivity contribution in [3.63, 3.8) is 0 Å². The first kappa shape index (κ1) is 15.6. The molecule has 3 aromatic rings. The number of nitrogens with one attached hydrogen (secondary N) is 2. The summed E-state index contributed by atoms with van der Waals surface area (Å²) in [6.45, 7) is 0. The van der Waals surface area contributed by atoms with Gasteiger partial charge in [-0.1, -0.05) is 19.3 Å². The molecule has 1 aromatic carbocycles. The van der Waals surface area contributed by atoms with Crippen LogP contribution in [-0.2, 0) is 4.79 Å². The van der Waals surface area contributed by atoms with E-state index in [1.54, 1.807) is 4.68 Å². The number of nitrogens with zero attached hydrogens (tertiary/aromatic N) is 3. The SMILES string of the molecule is O=C(Nc1ccc(-n2ncc3c(=O)[nH]cnc32)cc1)C1CCCCC1. The van der Waals surface area contributed by atoms with Gasteiger partial charge in [0.2, 0.25) is 5.91 Å². The van der Waals surface area contributed by atoms with Gasteiger partial charge in [0.25, 0.3) is 5.56 Å². The average Bonchev–Trinajstić information content (AvgIpc) is 3.09. The van der Waals surface area contributed by atoms with Crippen molar-refractivity contribution in [3.8, 4) is 5.69 Å². The van der Waals surface area contributed by atoms with Crippen LogP contribution in [0.4, 0.5) is 5.69 Å². The van der Waals surface area contributed by atoms with E-state index >= 15 is 0 Å². The molecule has 1 saturated carbocycles. The maximum atomic E-state index is 12.3. The van der Waals surface area contributed by atoms with E-state index in [4.69, 9.17) is 0 Å². The molecule has 7 nitrogen and oxygen atoms in total. The molecule has 4 rings (SSSR count). The third-order valence-electron chi connectivity index (χ3n) is 4.73. The van der Waals surface area contributed by atoms with Gasteiger partial charge in [-0.25, -0.2) is 9.67 Å². The van der Waals surface area contributed by atoms with E-state index in [1.165, 1.54) is 18.9 Å². The molecule has 7 heteroatoms. The van der Waals surface area contributed by atoms with E-state index in [0.717, 1.165) is 37.1 Å². The summed E-state index contributed by atoms with van der Waals surface area (Å²) in [4.78, 5) is 30.8. The van der Waals surface area contributed by atoms with Crippen LogP contribution in [0.3, 0.4) is 0 Å².